The lowest BCUT2D eigenvalue weighted by atomic mass is 11.7. The minimum absolute atomic E-state index is 0.343. The third kappa shape index (κ3) is 1.07. The standard InChI is InChI=1S/C2H4Cl4Si2/c3-2(4)7-1-8(2,5)6/h1,7H2. The van der Waals surface area contributed by atoms with Crippen LogP contribution in [0.25, 0.3) is 0 Å². The first kappa shape index (κ1) is 7.70. The van der Waals surface area contributed by atoms with Gasteiger partial charge in [0.05, 0.1) is 9.52 Å². The summed E-state index contributed by atoms with van der Waals surface area (Å²) in [6, 6.07) is 0. The topological polar surface area (TPSA) is 0 Å². The molecule has 0 unspecified atom stereocenters. The van der Waals surface area contributed by atoms with E-state index in [0.29, 0.717) is 0 Å². The highest BCUT2D eigenvalue weighted by Crippen LogP contribution is 2.48. The minimum Gasteiger partial charge on any atom is -0.143 e. The maximum absolute atomic E-state index is 5.77. The molecule has 0 nitrogen and oxygen atoms in total. The van der Waals surface area contributed by atoms with Gasteiger partial charge in [-0.15, -0.1) is 45.4 Å². The van der Waals surface area contributed by atoms with Crippen LogP contribution in [0.15, 0.2) is 0 Å². The molecule has 0 atom stereocenters. The normalized spacial score (nSPS) is 34.5. The highest BCUT2D eigenvalue weighted by atomic mass is 35.7. The highest BCUT2D eigenvalue weighted by molar-refractivity contribution is 7.57. The van der Waals surface area contributed by atoms with Crippen molar-refractivity contribution in [2.24, 2.45) is 0 Å². The molecule has 0 radical (unpaired) electrons. The van der Waals surface area contributed by atoms with Gasteiger partial charge in [0.2, 0.25) is 0 Å². The van der Waals surface area contributed by atoms with Gasteiger partial charge in [0, 0.05) is 0 Å². The molecule has 1 aliphatic heterocycles. The Morgan fingerprint density at radius 2 is 1.75 bits per heavy atom. The number of hydrogen-bond donors (Lipinski definition) is 0. The van der Waals surface area contributed by atoms with Crippen molar-refractivity contribution < 1.29 is 0 Å². The zero-order chi connectivity index (χ0) is 6.41. The van der Waals surface area contributed by atoms with E-state index in [2.05, 4.69) is 0 Å². The van der Waals surface area contributed by atoms with Gasteiger partial charge in [0.25, 0.3) is 6.69 Å². The van der Waals surface area contributed by atoms with Crippen molar-refractivity contribution in [2.45, 2.75) is 9.25 Å². The van der Waals surface area contributed by atoms with E-state index in [1.165, 1.54) is 0 Å². The molecule has 1 saturated heterocycles. The molecule has 1 rings (SSSR count). The molecule has 0 aromatic carbocycles. The van der Waals surface area contributed by atoms with Gasteiger partial charge in [-0.25, -0.2) is 0 Å². The summed E-state index contributed by atoms with van der Waals surface area (Å²) in [5.74, 6) is 0. The summed E-state index contributed by atoms with van der Waals surface area (Å²) in [6.07, 6.45) is 0. The van der Waals surface area contributed by atoms with E-state index in [4.69, 9.17) is 45.4 Å². The maximum Gasteiger partial charge on any atom is 0.279 e. The number of hydrogen-bond acceptors (Lipinski definition) is 0. The highest BCUT2D eigenvalue weighted by Gasteiger charge is 2.58. The van der Waals surface area contributed by atoms with E-state index in [1.54, 1.807) is 0 Å². The fourth-order valence-corrected chi connectivity index (χ4v) is 11.3. The van der Waals surface area contributed by atoms with Gasteiger partial charge < -0.3 is 0 Å². The first-order valence-electron chi connectivity index (χ1n) is 2.21. The molecule has 8 heavy (non-hydrogen) atoms. The Hall–Kier alpha value is 1.59. The van der Waals surface area contributed by atoms with Crippen molar-refractivity contribution in [2.75, 3.05) is 0 Å². The lowest BCUT2D eigenvalue weighted by Gasteiger charge is -2.39. The predicted molar refractivity (Wildman–Crippen MR) is 45.2 cm³/mol. The Kier molecular flexibility index (Phi) is 1.96. The van der Waals surface area contributed by atoms with E-state index < -0.39 is 10.3 Å². The average molecular weight is 226 g/mol. The summed E-state index contributed by atoms with van der Waals surface area (Å²) in [5.41, 5.74) is 0.961. The van der Waals surface area contributed by atoms with Gasteiger partial charge in [0.15, 0.2) is 0 Å². The molecule has 48 valence electrons. The van der Waals surface area contributed by atoms with Gasteiger partial charge >= 0.3 is 0 Å². The van der Waals surface area contributed by atoms with Gasteiger partial charge in [-0.05, 0) is 5.67 Å². The Balaban J connectivity index is 2.63. The van der Waals surface area contributed by atoms with Crippen LogP contribution in [0.4, 0.5) is 0 Å². The summed E-state index contributed by atoms with van der Waals surface area (Å²) in [5, 5.41) is 0. The Labute approximate surface area is 70.7 Å². The van der Waals surface area contributed by atoms with Gasteiger partial charge in [-0.3, -0.25) is 0 Å². The second-order valence-corrected chi connectivity index (χ2v) is 15.9. The van der Waals surface area contributed by atoms with E-state index in [1.807, 2.05) is 0 Å². The lowest BCUT2D eigenvalue weighted by molar-refractivity contribution is 1.46. The van der Waals surface area contributed by atoms with Crippen LogP contribution in [0, 0.1) is 0 Å². The SMILES string of the molecule is ClC1(Cl)[SiH2]C[Si]1(Cl)Cl. The molecule has 0 bridgehead atoms. The van der Waals surface area contributed by atoms with Crippen LogP contribution in [0.5, 0.6) is 0 Å². The molecule has 1 fully saturated rings. The Morgan fingerprint density at radius 1 is 1.38 bits per heavy atom. The molecular formula is C2H4Cl4Si2. The summed E-state index contributed by atoms with van der Waals surface area (Å²) in [7, 11) is -0.343. The third-order valence-corrected chi connectivity index (χ3v) is 20.0. The second kappa shape index (κ2) is 2.04. The largest absolute Gasteiger partial charge is 0.279 e. The van der Waals surface area contributed by atoms with Crippen LogP contribution < -0.4 is 0 Å². The van der Waals surface area contributed by atoms with E-state index >= 15 is 0 Å². The van der Waals surface area contributed by atoms with Crippen LogP contribution in [0.1, 0.15) is 0 Å². The lowest BCUT2D eigenvalue weighted by Crippen LogP contribution is -2.58. The molecule has 0 amide bonds. The van der Waals surface area contributed by atoms with E-state index in [0.717, 1.165) is 5.67 Å². The Bertz CT molecular complexity index is 96.6. The minimum atomic E-state index is -2.14. The molecule has 0 spiro atoms. The summed E-state index contributed by atoms with van der Waals surface area (Å²) < 4.78 is -0.629. The summed E-state index contributed by atoms with van der Waals surface area (Å²) >= 11 is 23.0. The van der Waals surface area contributed by atoms with Gasteiger partial charge in [-0.1, -0.05) is 0 Å². The fraction of sp³-hybridized carbons (Fsp3) is 1.00. The van der Waals surface area contributed by atoms with E-state index in [-0.39, 0.29) is 9.52 Å². The monoisotopic (exact) mass is 224 g/mol. The Morgan fingerprint density at radius 3 is 1.75 bits per heavy atom. The molecular weight excluding hydrogens is 222 g/mol. The zero-order valence-electron chi connectivity index (χ0n) is 3.93. The summed E-state index contributed by atoms with van der Waals surface area (Å²) in [4.78, 5) is 0. The van der Waals surface area contributed by atoms with Crippen molar-refractivity contribution in [3.8, 4) is 0 Å². The fourth-order valence-electron chi connectivity index (χ4n) is 0.503. The van der Waals surface area contributed by atoms with E-state index in [9.17, 15) is 0 Å². The molecule has 0 aromatic rings. The first-order chi connectivity index (χ1) is 3.46. The number of halogens is 4. The zero-order valence-corrected chi connectivity index (χ0v) is 9.36. The van der Waals surface area contributed by atoms with Crippen molar-refractivity contribution in [3.05, 3.63) is 0 Å². The van der Waals surface area contributed by atoms with Crippen LogP contribution >= 0.6 is 45.4 Å². The number of alkyl halides is 2. The molecule has 0 aliphatic carbocycles. The van der Waals surface area contributed by atoms with Crippen molar-refractivity contribution in [3.63, 3.8) is 0 Å². The van der Waals surface area contributed by atoms with Crippen molar-refractivity contribution >= 4 is 61.6 Å². The van der Waals surface area contributed by atoms with Crippen molar-refractivity contribution in [1.29, 1.82) is 0 Å². The summed E-state index contributed by atoms with van der Waals surface area (Å²) in [6.45, 7) is -2.14. The predicted octanol–water partition coefficient (Wildman–Crippen LogP) is 1.72. The molecule has 1 heterocycles. The van der Waals surface area contributed by atoms with Crippen molar-refractivity contribution in [1.82, 2.24) is 0 Å². The van der Waals surface area contributed by atoms with Crippen LogP contribution in [0.2, 0.25) is 5.67 Å². The number of rotatable bonds is 0. The smallest absolute Gasteiger partial charge is 0.143 e. The van der Waals surface area contributed by atoms with Crippen LogP contribution in [-0.2, 0) is 0 Å². The second-order valence-electron chi connectivity index (χ2n) is 1.91. The maximum atomic E-state index is 5.77. The molecule has 0 saturated carbocycles. The first-order valence-corrected chi connectivity index (χ1v) is 8.91. The quantitative estimate of drug-likeness (QED) is 0.335. The average Bonchev–Trinajstić information content (AvgIpc) is 1.64. The van der Waals surface area contributed by atoms with Crippen LogP contribution in [0.3, 0.4) is 0 Å². The molecule has 0 aromatic heterocycles. The molecule has 6 heteroatoms. The molecule has 1 aliphatic rings. The van der Waals surface area contributed by atoms with Gasteiger partial charge in [0.1, 0.15) is 3.58 Å². The van der Waals surface area contributed by atoms with Crippen LogP contribution in [-0.4, -0.2) is 19.8 Å². The van der Waals surface area contributed by atoms with Gasteiger partial charge in [-0.2, -0.15) is 0 Å². The molecule has 0 N–H and O–H groups in total. The third-order valence-electron chi connectivity index (χ3n) is 1.29.